The zero-order valence-electron chi connectivity index (χ0n) is 21.3. The van der Waals surface area contributed by atoms with E-state index < -0.39 is 6.04 Å². The molecule has 0 spiro atoms. The van der Waals surface area contributed by atoms with Crippen molar-refractivity contribution in [3.05, 3.63) is 70.3 Å². The number of carbonyl (C=O) groups is 2. The van der Waals surface area contributed by atoms with E-state index >= 15 is 0 Å². The van der Waals surface area contributed by atoms with Gasteiger partial charge in [-0.3, -0.25) is 19.1 Å². The zero-order valence-corrected chi connectivity index (χ0v) is 22.1. The van der Waals surface area contributed by atoms with Crippen LogP contribution in [0.1, 0.15) is 41.7 Å². The molecule has 0 saturated carbocycles. The molecule has 1 aliphatic rings. The second kappa shape index (κ2) is 13.0. The highest BCUT2D eigenvalue weighted by molar-refractivity contribution is 6.30. The normalized spacial score (nSPS) is 13.9. The molecule has 0 aliphatic carbocycles. The number of carbonyl (C=O) groups excluding carboxylic acids is 1. The van der Waals surface area contributed by atoms with Crippen molar-refractivity contribution >= 4 is 29.7 Å². The Bertz CT molecular complexity index is 1260. The topological polar surface area (TPSA) is 122 Å². The molecule has 2 aromatic carbocycles. The lowest BCUT2D eigenvalue weighted by Gasteiger charge is -2.14. The summed E-state index contributed by atoms with van der Waals surface area (Å²) in [6.07, 6.45) is 1.05. The quantitative estimate of drug-likeness (QED) is 0.341. The Morgan fingerprint density at radius 1 is 1.22 bits per heavy atom. The number of hydrogen-bond donors (Lipinski definition) is 2. The van der Waals surface area contributed by atoms with Crippen LogP contribution >= 0.6 is 11.6 Å². The van der Waals surface area contributed by atoms with E-state index in [2.05, 4.69) is 20.4 Å². The van der Waals surface area contributed by atoms with Crippen LogP contribution in [-0.2, 0) is 9.59 Å². The van der Waals surface area contributed by atoms with Crippen LogP contribution in [0.4, 0.5) is 0 Å². The number of nitrogens with zero attached hydrogens (tertiary/aromatic N) is 5. The first-order valence-corrected chi connectivity index (χ1v) is 12.1. The summed E-state index contributed by atoms with van der Waals surface area (Å²) in [4.78, 5) is 28.4. The highest BCUT2D eigenvalue weighted by Gasteiger charge is 2.30. The lowest BCUT2D eigenvalue weighted by Crippen LogP contribution is -2.28. The highest BCUT2D eigenvalue weighted by Crippen LogP contribution is 2.34. The van der Waals surface area contributed by atoms with Gasteiger partial charge < -0.3 is 20.1 Å². The lowest BCUT2D eigenvalue weighted by molar-refractivity contribution is -0.123. The summed E-state index contributed by atoms with van der Waals surface area (Å²) in [7, 11) is 5.67. The number of benzene rings is 2. The van der Waals surface area contributed by atoms with Gasteiger partial charge >= 0.3 is 0 Å². The maximum absolute atomic E-state index is 12.9. The lowest BCUT2D eigenvalue weighted by atomic mass is 10.00. The fourth-order valence-electron chi connectivity index (χ4n) is 4.05. The molecule has 3 aromatic rings. The largest absolute Gasteiger partial charge is 0.497 e. The molecule has 11 heteroatoms. The third kappa shape index (κ3) is 6.93. The molecule has 4 rings (SSSR count). The Morgan fingerprint density at radius 2 is 1.92 bits per heavy atom. The Balaban J connectivity index is 0.00000121. The number of halogens is 1. The van der Waals surface area contributed by atoms with Gasteiger partial charge in [-0.15, -0.1) is 10.2 Å². The first-order chi connectivity index (χ1) is 17.8. The number of methoxy groups -OCH3 is 1. The molecular weight excluding hydrogens is 496 g/mol. The molecule has 2 heterocycles. The second-order valence-corrected chi connectivity index (χ2v) is 9.08. The third-order valence-corrected chi connectivity index (χ3v) is 5.99. The summed E-state index contributed by atoms with van der Waals surface area (Å²) in [6.45, 7) is 3.17. The van der Waals surface area contributed by atoms with Crippen LogP contribution in [0, 0.1) is 6.92 Å². The number of amides is 1. The standard InChI is InChI=1S/C25H29ClN6O2.CH2O2/c1-16-29-30-25-21(15-23(33)27-12-5-13-31(2)3)28-24(17-6-8-18(26)9-7-17)20-14-19(34-4)10-11-22(20)32(16)25;2-1-3/h6-11,14,21H,5,12-13,15H2,1-4H3,(H,27,33);1H,(H,2,3)/t21-;/m0./s1. The van der Waals surface area contributed by atoms with Gasteiger partial charge in [0.2, 0.25) is 5.91 Å². The van der Waals surface area contributed by atoms with Crippen molar-refractivity contribution in [2.45, 2.75) is 25.8 Å². The molecule has 0 bridgehead atoms. The van der Waals surface area contributed by atoms with Crippen LogP contribution in [-0.4, -0.2) is 77.2 Å². The van der Waals surface area contributed by atoms with Crippen LogP contribution in [0.2, 0.25) is 5.02 Å². The first-order valence-electron chi connectivity index (χ1n) is 11.7. The van der Waals surface area contributed by atoms with Crippen LogP contribution < -0.4 is 10.1 Å². The summed E-state index contributed by atoms with van der Waals surface area (Å²) in [6, 6.07) is 12.9. The maximum Gasteiger partial charge on any atom is 0.290 e. The molecule has 1 amide bonds. The number of aliphatic imine (C=N–C) groups is 1. The monoisotopic (exact) mass is 526 g/mol. The zero-order chi connectivity index (χ0) is 26.9. The molecule has 10 nitrogen and oxygen atoms in total. The Labute approximate surface area is 220 Å². The number of rotatable bonds is 8. The molecule has 37 heavy (non-hydrogen) atoms. The average Bonchev–Trinajstić information content (AvgIpc) is 3.20. The number of carboxylic acid groups (broad SMARTS) is 1. The van der Waals surface area contributed by atoms with Crippen LogP contribution in [0.5, 0.6) is 5.75 Å². The summed E-state index contributed by atoms with van der Waals surface area (Å²) in [5.41, 5.74) is 3.41. The minimum Gasteiger partial charge on any atom is -0.497 e. The van der Waals surface area contributed by atoms with Gasteiger partial charge in [-0.1, -0.05) is 23.7 Å². The van der Waals surface area contributed by atoms with Gasteiger partial charge in [0.05, 0.1) is 24.9 Å². The van der Waals surface area contributed by atoms with Gasteiger partial charge in [-0.2, -0.15) is 0 Å². The van der Waals surface area contributed by atoms with E-state index in [9.17, 15) is 4.79 Å². The number of nitrogens with one attached hydrogen (secondary N) is 1. The smallest absolute Gasteiger partial charge is 0.290 e. The van der Waals surface area contributed by atoms with E-state index in [-0.39, 0.29) is 18.8 Å². The van der Waals surface area contributed by atoms with Gasteiger partial charge in [-0.25, -0.2) is 0 Å². The molecule has 1 aliphatic heterocycles. The molecule has 2 N–H and O–H groups in total. The summed E-state index contributed by atoms with van der Waals surface area (Å²) < 4.78 is 7.48. The van der Waals surface area contributed by atoms with Crippen molar-refractivity contribution in [2.75, 3.05) is 34.3 Å². The molecule has 0 fully saturated rings. The molecule has 1 aromatic heterocycles. The summed E-state index contributed by atoms with van der Waals surface area (Å²) in [5, 5.41) is 19.3. The fraction of sp³-hybridized carbons (Fsp3) is 0.346. The van der Waals surface area contributed by atoms with Gasteiger partial charge in [0.1, 0.15) is 17.6 Å². The van der Waals surface area contributed by atoms with Gasteiger partial charge in [-0.05, 0) is 64.3 Å². The number of fused-ring (bicyclic) bond motifs is 3. The minimum absolute atomic E-state index is 0.0706. The van der Waals surface area contributed by atoms with Gasteiger partial charge in [0.15, 0.2) is 5.82 Å². The van der Waals surface area contributed by atoms with Gasteiger partial charge in [0.25, 0.3) is 6.47 Å². The number of aromatic nitrogens is 3. The predicted molar refractivity (Wildman–Crippen MR) is 142 cm³/mol. The second-order valence-electron chi connectivity index (χ2n) is 8.64. The molecular formula is C26H31ClN6O4. The fourth-order valence-corrected chi connectivity index (χ4v) is 4.17. The Morgan fingerprint density at radius 3 is 2.57 bits per heavy atom. The van der Waals surface area contributed by atoms with E-state index in [1.54, 1.807) is 7.11 Å². The maximum atomic E-state index is 12.9. The van der Waals surface area contributed by atoms with E-state index in [0.717, 1.165) is 41.3 Å². The van der Waals surface area contributed by atoms with Crippen molar-refractivity contribution in [3.8, 4) is 11.4 Å². The van der Waals surface area contributed by atoms with Crippen molar-refractivity contribution in [1.29, 1.82) is 0 Å². The van der Waals surface area contributed by atoms with Crippen LogP contribution in [0.15, 0.2) is 47.5 Å². The minimum atomic E-state index is -0.501. The van der Waals surface area contributed by atoms with E-state index in [0.29, 0.717) is 23.1 Å². The molecule has 196 valence electrons. The van der Waals surface area contributed by atoms with Crippen molar-refractivity contribution in [2.24, 2.45) is 4.99 Å². The highest BCUT2D eigenvalue weighted by atomic mass is 35.5. The number of ether oxygens (including phenoxy) is 1. The third-order valence-electron chi connectivity index (χ3n) is 5.73. The molecule has 0 saturated heterocycles. The Kier molecular flexibility index (Phi) is 9.76. The van der Waals surface area contributed by atoms with Crippen LogP contribution in [0.25, 0.3) is 5.69 Å². The molecule has 0 unspecified atom stereocenters. The van der Waals surface area contributed by atoms with Gasteiger partial charge in [0, 0.05) is 22.7 Å². The number of aryl methyl sites for hydroxylation is 1. The summed E-state index contributed by atoms with van der Waals surface area (Å²) in [5.74, 6) is 2.00. The molecule has 0 radical (unpaired) electrons. The van der Waals surface area contributed by atoms with E-state index in [4.69, 9.17) is 31.2 Å². The summed E-state index contributed by atoms with van der Waals surface area (Å²) >= 11 is 6.15. The SMILES string of the molecule is COc1ccc2c(c1)C(c1ccc(Cl)cc1)=N[C@@H](CC(=O)NCCCN(C)C)c1nnc(C)n1-2.O=CO. The predicted octanol–water partition coefficient (Wildman–Crippen LogP) is 3.29. The average molecular weight is 527 g/mol. The van der Waals surface area contributed by atoms with Crippen molar-refractivity contribution in [1.82, 2.24) is 25.0 Å². The number of hydrogen-bond acceptors (Lipinski definition) is 7. The van der Waals surface area contributed by atoms with E-state index in [1.165, 1.54) is 0 Å². The Hall–Kier alpha value is -3.76. The van der Waals surface area contributed by atoms with Crippen LogP contribution in [0.3, 0.4) is 0 Å². The van der Waals surface area contributed by atoms with Crippen molar-refractivity contribution in [3.63, 3.8) is 0 Å². The molecule has 1 atom stereocenters. The van der Waals surface area contributed by atoms with Crippen molar-refractivity contribution < 1.29 is 19.4 Å². The first kappa shape index (κ1) is 27.8. The van der Waals surface area contributed by atoms with E-state index in [1.807, 2.05) is 68.1 Å².